The van der Waals surface area contributed by atoms with E-state index in [0.29, 0.717) is 6.42 Å². The average molecular weight is 193 g/mol. The van der Waals surface area contributed by atoms with Crippen LogP contribution >= 0.6 is 0 Å². The summed E-state index contributed by atoms with van der Waals surface area (Å²) in [5.74, 6) is 0. The number of nitriles is 1. The van der Waals surface area contributed by atoms with E-state index in [-0.39, 0.29) is 0 Å². The Labute approximate surface area is 89.3 Å². The molecule has 0 bridgehead atoms. The monoisotopic (exact) mass is 193 g/mol. The first-order valence-corrected chi connectivity index (χ1v) is 4.93. The molecule has 0 radical (unpaired) electrons. The van der Waals surface area contributed by atoms with Gasteiger partial charge in [0.15, 0.2) is 0 Å². The predicted octanol–water partition coefficient (Wildman–Crippen LogP) is 3.77. The minimum absolute atomic E-state index is 0.462. The van der Waals surface area contributed by atoms with Crippen molar-refractivity contribution in [2.45, 2.75) is 6.42 Å². The quantitative estimate of drug-likeness (QED) is 0.712. The highest BCUT2D eigenvalue weighted by Gasteiger charge is 1.95. The normalized spacial score (nSPS) is 10.6. The van der Waals surface area contributed by atoms with Crippen molar-refractivity contribution in [3.05, 3.63) is 54.1 Å². The minimum Gasteiger partial charge on any atom is -0.198 e. The molecule has 0 saturated heterocycles. The summed E-state index contributed by atoms with van der Waals surface area (Å²) in [5.41, 5.74) is 1.17. The molecule has 0 spiro atoms. The fourth-order valence-electron chi connectivity index (χ4n) is 1.63. The smallest absolute Gasteiger partial charge is 0.0663 e. The molecule has 2 aromatic carbocycles. The molecule has 2 aromatic rings. The number of nitrogens with zero attached hydrogens (tertiary/aromatic N) is 1. The first-order valence-electron chi connectivity index (χ1n) is 4.93. The molecule has 0 atom stereocenters. The van der Waals surface area contributed by atoms with E-state index in [9.17, 15) is 0 Å². The molecule has 1 nitrogen and oxygen atoms in total. The van der Waals surface area contributed by atoms with Crippen molar-refractivity contribution >= 4 is 16.8 Å². The molecule has 0 aliphatic heterocycles. The zero-order valence-electron chi connectivity index (χ0n) is 8.35. The lowest BCUT2D eigenvalue weighted by Gasteiger charge is -2.00. The molecule has 72 valence electrons. The molecule has 0 amide bonds. The van der Waals surface area contributed by atoms with E-state index < -0.39 is 0 Å². The van der Waals surface area contributed by atoms with Gasteiger partial charge < -0.3 is 0 Å². The zero-order chi connectivity index (χ0) is 10.5. The Morgan fingerprint density at radius 3 is 2.73 bits per heavy atom. The Hall–Kier alpha value is -2.07. The van der Waals surface area contributed by atoms with E-state index in [1.807, 2.05) is 30.4 Å². The molecule has 0 unspecified atom stereocenters. The van der Waals surface area contributed by atoms with Crippen molar-refractivity contribution in [2.24, 2.45) is 0 Å². The summed E-state index contributed by atoms with van der Waals surface area (Å²) in [7, 11) is 0. The summed E-state index contributed by atoms with van der Waals surface area (Å²) in [6.45, 7) is 0. The van der Waals surface area contributed by atoms with Crippen molar-refractivity contribution in [2.75, 3.05) is 0 Å². The highest BCUT2D eigenvalue weighted by Crippen LogP contribution is 2.19. The molecule has 0 aromatic heterocycles. The second-order valence-corrected chi connectivity index (χ2v) is 3.33. The molecular formula is C14H11N. The van der Waals surface area contributed by atoms with Crippen LogP contribution < -0.4 is 0 Å². The molecule has 0 N–H and O–H groups in total. The third-order valence-corrected chi connectivity index (χ3v) is 2.33. The van der Waals surface area contributed by atoms with Crippen LogP contribution in [0.15, 0.2) is 48.5 Å². The van der Waals surface area contributed by atoms with Crippen molar-refractivity contribution in [1.29, 1.82) is 5.26 Å². The van der Waals surface area contributed by atoms with Gasteiger partial charge in [-0.2, -0.15) is 5.26 Å². The molecule has 1 heteroatoms. The fourth-order valence-corrected chi connectivity index (χ4v) is 1.63. The van der Waals surface area contributed by atoms with Gasteiger partial charge in [-0.1, -0.05) is 54.6 Å². The third kappa shape index (κ3) is 2.05. The first-order chi connectivity index (χ1) is 7.42. The Balaban J connectivity index is 2.48. The second kappa shape index (κ2) is 4.43. The minimum atomic E-state index is 0.462. The first kappa shape index (κ1) is 9.48. The predicted molar refractivity (Wildman–Crippen MR) is 63.2 cm³/mol. The van der Waals surface area contributed by atoms with E-state index in [1.54, 1.807) is 0 Å². The maximum atomic E-state index is 8.46. The van der Waals surface area contributed by atoms with Crippen LogP contribution in [0.2, 0.25) is 0 Å². The van der Waals surface area contributed by atoms with Crippen LogP contribution in [0.4, 0.5) is 0 Å². The van der Waals surface area contributed by atoms with Gasteiger partial charge in [0.25, 0.3) is 0 Å². The van der Waals surface area contributed by atoms with Crippen LogP contribution in [0, 0.1) is 11.3 Å². The molecule has 0 aliphatic carbocycles. The molecule has 2 rings (SSSR count). The second-order valence-electron chi connectivity index (χ2n) is 3.33. The summed E-state index contributed by atoms with van der Waals surface area (Å²) < 4.78 is 0. The van der Waals surface area contributed by atoms with Gasteiger partial charge in [0.05, 0.1) is 12.5 Å². The fraction of sp³-hybridized carbons (Fsp3) is 0.0714. The summed E-state index contributed by atoms with van der Waals surface area (Å²) in [6.07, 6.45) is 4.36. The molecular weight excluding hydrogens is 182 g/mol. The summed E-state index contributed by atoms with van der Waals surface area (Å²) in [5, 5.41) is 10.9. The van der Waals surface area contributed by atoms with E-state index in [2.05, 4.69) is 30.3 Å². The standard InChI is InChI=1S/C14H11N/c15-11-4-3-7-13-9-5-8-12-6-1-2-10-14(12)13/h1-3,5-10H,4H2/b7-3+. The highest BCUT2D eigenvalue weighted by atomic mass is 14.2. The van der Waals surface area contributed by atoms with Gasteiger partial charge in [-0.05, 0) is 16.3 Å². The SMILES string of the molecule is N#CC/C=C/c1cccc2ccccc12. The number of hydrogen-bond acceptors (Lipinski definition) is 1. The van der Waals surface area contributed by atoms with Gasteiger partial charge in [0, 0.05) is 0 Å². The third-order valence-electron chi connectivity index (χ3n) is 2.33. The molecule has 0 saturated carbocycles. The number of allylic oxidation sites excluding steroid dienone is 1. The van der Waals surface area contributed by atoms with Gasteiger partial charge in [-0.3, -0.25) is 0 Å². The average Bonchev–Trinajstić information content (AvgIpc) is 2.30. The van der Waals surface area contributed by atoms with E-state index in [1.165, 1.54) is 16.3 Å². The summed E-state index contributed by atoms with van der Waals surface area (Å²) in [4.78, 5) is 0. The van der Waals surface area contributed by atoms with Crippen molar-refractivity contribution in [3.63, 3.8) is 0 Å². The van der Waals surface area contributed by atoms with Crippen LogP contribution in [-0.2, 0) is 0 Å². The maximum absolute atomic E-state index is 8.46. The van der Waals surface area contributed by atoms with Crippen LogP contribution in [0.5, 0.6) is 0 Å². The van der Waals surface area contributed by atoms with Crippen molar-refractivity contribution in [3.8, 4) is 6.07 Å². The van der Waals surface area contributed by atoms with Gasteiger partial charge in [-0.25, -0.2) is 0 Å². The van der Waals surface area contributed by atoms with Crippen LogP contribution in [0.1, 0.15) is 12.0 Å². The molecule has 0 fully saturated rings. The van der Waals surface area contributed by atoms with E-state index >= 15 is 0 Å². The van der Waals surface area contributed by atoms with Crippen LogP contribution in [0.3, 0.4) is 0 Å². The van der Waals surface area contributed by atoms with Crippen LogP contribution in [0.25, 0.3) is 16.8 Å². The number of hydrogen-bond donors (Lipinski definition) is 0. The van der Waals surface area contributed by atoms with E-state index in [0.717, 1.165) is 0 Å². The topological polar surface area (TPSA) is 23.8 Å². The lowest BCUT2D eigenvalue weighted by molar-refractivity contribution is 1.36. The lowest BCUT2D eigenvalue weighted by Crippen LogP contribution is -1.76. The Bertz CT molecular complexity index is 527. The number of rotatable bonds is 2. The lowest BCUT2D eigenvalue weighted by atomic mass is 10.0. The molecule has 0 heterocycles. The van der Waals surface area contributed by atoms with E-state index in [4.69, 9.17) is 5.26 Å². The zero-order valence-corrected chi connectivity index (χ0v) is 8.35. The summed E-state index contributed by atoms with van der Waals surface area (Å²) in [6, 6.07) is 16.6. The summed E-state index contributed by atoms with van der Waals surface area (Å²) >= 11 is 0. The highest BCUT2D eigenvalue weighted by molar-refractivity contribution is 5.90. The Kier molecular flexibility index (Phi) is 2.80. The van der Waals surface area contributed by atoms with Crippen molar-refractivity contribution < 1.29 is 0 Å². The number of benzene rings is 2. The van der Waals surface area contributed by atoms with Gasteiger partial charge >= 0.3 is 0 Å². The Morgan fingerprint density at radius 1 is 1.07 bits per heavy atom. The largest absolute Gasteiger partial charge is 0.198 e. The van der Waals surface area contributed by atoms with Gasteiger partial charge in [0.2, 0.25) is 0 Å². The number of fused-ring (bicyclic) bond motifs is 1. The molecule has 15 heavy (non-hydrogen) atoms. The maximum Gasteiger partial charge on any atom is 0.0663 e. The van der Waals surface area contributed by atoms with Gasteiger partial charge in [-0.15, -0.1) is 0 Å². The van der Waals surface area contributed by atoms with Crippen LogP contribution in [-0.4, -0.2) is 0 Å². The van der Waals surface area contributed by atoms with Crippen molar-refractivity contribution in [1.82, 2.24) is 0 Å². The van der Waals surface area contributed by atoms with Gasteiger partial charge in [0.1, 0.15) is 0 Å². The Morgan fingerprint density at radius 2 is 1.87 bits per heavy atom. The molecule has 0 aliphatic rings.